The molecule has 5 nitrogen and oxygen atoms in total. The molecule has 0 spiro atoms. The van der Waals surface area contributed by atoms with E-state index in [2.05, 4.69) is 0 Å². The van der Waals surface area contributed by atoms with E-state index < -0.39 is 23.3 Å². The van der Waals surface area contributed by atoms with Gasteiger partial charge in [-0.3, -0.25) is 9.59 Å². The molecule has 3 aliphatic carbocycles. The minimum atomic E-state index is -0.994. The molecule has 0 aromatic rings. The van der Waals surface area contributed by atoms with Crippen molar-refractivity contribution in [1.82, 2.24) is 0 Å². The van der Waals surface area contributed by atoms with Gasteiger partial charge in [0.25, 0.3) is 0 Å². The zero-order valence-corrected chi connectivity index (χ0v) is 11.1. The number of Topliss-reactive ketones (excluding diaryl/α,β-unsaturated/α-hetero) is 2. The Morgan fingerprint density at radius 3 is 1.86 bits per heavy atom. The maximum atomic E-state index is 12.1. The third-order valence-corrected chi connectivity index (χ3v) is 4.77. The normalized spacial score (nSPS) is 33.5. The molecule has 1 aliphatic heterocycles. The van der Waals surface area contributed by atoms with Crippen LogP contribution in [0.2, 0.25) is 0 Å². The Hall–Kier alpha value is -2.56. The molecule has 0 amide bonds. The third-order valence-electron chi connectivity index (χ3n) is 4.77. The van der Waals surface area contributed by atoms with Gasteiger partial charge >= 0.3 is 11.9 Å². The number of ketones is 2. The average molecular weight is 282 g/mol. The Morgan fingerprint density at radius 1 is 0.905 bits per heavy atom. The molecule has 104 valence electrons. The van der Waals surface area contributed by atoms with Crippen LogP contribution < -0.4 is 0 Å². The highest BCUT2D eigenvalue weighted by Gasteiger charge is 2.58. The van der Waals surface area contributed by atoms with Gasteiger partial charge < -0.3 is 4.74 Å². The van der Waals surface area contributed by atoms with E-state index in [4.69, 9.17) is 4.74 Å². The van der Waals surface area contributed by atoms with Crippen molar-refractivity contribution >= 4 is 23.5 Å². The first kappa shape index (κ1) is 12.2. The summed E-state index contributed by atoms with van der Waals surface area (Å²) in [6.07, 6.45) is 6.06. The van der Waals surface area contributed by atoms with E-state index in [1.807, 2.05) is 0 Å². The van der Waals surface area contributed by atoms with Crippen LogP contribution in [0, 0.1) is 11.3 Å². The number of cyclic esters (lactones) is 2. The number of esters is 2. The number of ether oxygens (including phenoxy) is 1. The predicted molar refractivity (Wildman–Crippen MR) is 69.7 cm³/mol. The zero-order chi connectivity index (χ0) is 14.9. The SMILES string of the molecule is CC12C3=CC=C4C(=O)CC(=O)C(=CC=C1C(=O)OC3=O)C42. The van der Waals surface area contributed by atoms with Crippen LogP contribution in [-0.2, 0) is 23.9 Å². The third kappa shape index (κ3) is 1.26. The number of rotatable bonds is 0. The first-order chi connectivity index (χ1) is 9.94. The molecule has 0 unspecified atom stereocenters. The molecule has 2 fully saturated rings. The molecule has 0 aromatic carbocycles. The molecule has 5 heteroatoms. The summed E-state index contributed by atoms with van der Waals surface area (Å²) in [5.74, 6) is -2.47. The fraction of sp³-hybridized carbons (Fsp3) is 0.250. The Labute approximate surface area is 119 Å². The highest BCUT2D eigenvalue weighted by atomic mass is 16.6. The lowest BCUT2D eigenvalue weighted by Crippen LogP contribution is -2.50. The lowest BCUT2D eigenvalue weighted by molar-refractivity contribution is -0.159. The number of carbonyl (C=O) groups excluding carboxylic acids is 4. The van der Waals surface area contributed by atoms with Crippen molar-refractivity contribution in [3.05, 3.63) is 46.6 Å². The van der Waals surface area contributed by atoms with E-state index >= 15 is 0 Å². The molecule has 0 bridgehead atoms. The van der Waals surface area contributed by atoms with E-state index in [0.29, 0.717) is 22.3 Å². The summed E-state index contributed by atoms with van der Waals surface area (Å²) in [7, 11) is 0. The van der Waals surface area contributed by atoms with Crippen LogP contribution in [0.15, 0.2) is 46.6 Å². The highest BCUT2D eigenvalue weighted by molar-refractivity contribution is 6.21. The highest BCUT2D eigenvalue weighted by Crippen LogP contribution is 2.57. The van der Waals surface area contributed by atoms with Gasteiger partial charge in [-0.25, -0.2) is 9.59 Å². The number of hydrogen-bond donors (Lipinski definition) is 0. The second-order valence-corrected chi connectivity index (χ2v) is 5.74. The zero-order valence-electron chi connectivity index (χ0n) is 11.1. The van der Waals surface area contributed by atoms with Gasteiger partial charge in [-0.1, -0.05) is 24.3 Å². The molecular formula is C16H10O5. The van der Waals surface area contributed by atoms with Crippen LogP contribution in [0.5, 0.6) is 0 Å². The first-order valence-electron chi connectivity index (χ1n) is 6.62. The second-order valence-electron chi connectivity index (χ2n) is 5.74. The molecule has 0 N–H and O–H groups in total. The van der Waals surface area contributed by atoms with E-state index in [1.54, 1.807) is 19.1 Å². The summed E-state index contributed by atoms with van der Waals surface area (Å²) in [6.45, 7) is 1.72. The molecule has 1 heterocycles. The van der Waals surface area contributed by atoms with Crippen LogP contribution in [0.25, 0.3) is 0 Å². The topological polar surface area (TPSA) is 77.5 Å². The van der Waals surface area contributed by atoms with Crippen LogP contribution in [0.1, 0.15) is 13.3 Å². The number of allylic oxidation sites excluding steroid dienone is 6. The summed E-state index contributed by atoms with van der Waals surface area (Å²) in [5.41, 5.74) is 0.609. The second kappa shape index (κ2) is 3.55. The fourth-order valence-electron chi connectivity index (χ4n) is 3.74. The maximum Gasteiger partial charge on any atom is 0.342 e. The lowest BCUT2D eigenvalue weighted by Gasteiger charge is -2.48. The molecular weight excluding hydrogens is 272 g/mol. The first-order valence-corrected chi connectivity index (χ1v) is 6.62. The van der Waals surface area contributed by atoms with Gasteiger partial charge in [0.2, 0.25) is 0 Å². The van der Waals surface area contributed by atoms with Gasteiger partial charge in [0.15, 0.2) is 11.6 Å². The van der Waals surface area contributed by atoms with Crippen LogP contribution in [0.3, 0.4) is 0 Å². The fourth-order valence-corrected chi connectivity index (χ4v) is 3.74. The minimum Gasteiger partial charge on any atom is -0.386 e. The molecule has 21 heavy (non-hydrogen) atoms. The van der Waals surface area contributed by atoms with Crippen LogP contribution >= 0.6 is 0 Å². The van der Waals surface area contributed by atoms with Crippen molar-refractivity contribution in [2.75, 3.05) is 0 Å². The van der Waals surface area contributed by atoms with Crippen molar-refractivity contribution in [2.45, 2.75) is 13.3 Å². The molecule has 4 aliphatic rings. The largest absolute Gasteiger partial charge is 0.386 e. The molecule has 0 atom stereocenters. The van der Waals surface area contributed by atoms with Crippen LogP contribution in [0.4, 0.5) is 0 Å². The molecule has 4 rings (SSSR count). The smallest absolute Gasteiger partial charge is 0.342 e. The van der Waals surface area contributed by atoms with Gasteiger partial charge in [0, 0.05) is 33.6 Å². The molecule has 0 radical (unpaired) electrons. The van der Waals surface area contributed by atoms with Gasteiger partial charge in [-0.05, 0) is 6.92 Å². The van der Waals surface area contributed by atoms with Crippen molar-refractivity contribution in [3.63, 3.8) is 0 Å². The number of carbonyl (C=O) groups is 4. The summed E-state index contributed by atoms with van der Waals surface area (Å²) in [5, 5.41) is 0. The van der Waals surface area contributed by atoms with Crippen molar-refractivity contribution in [3.8, 4) is 0 Å². The van der Waals surface area contributed by atoms with E-state index in [-0.39, 0.29) is 18.0 Å². The van der Waals surface area contributed by atoms with Crippen molar-refractivity contribution < 1.29 is 23.9 Å². The number of hydrogen-bond acceptors (Lipinski definition) is 5. The quantitative estimate of drug-likeness (QED) is 0.488. The Morgan fingerprint density at radius 2 is 1.38 bits per heavy atom. The Balaban J connectivity index is 2.07. The molecule has 0 aromatic heterocycles. The minimum absolute atomic E-state index is 0.158. The molecule has 1 saturated carbocycles. The Kier molecular flexibility index (Phi) is 2.06. The van der Waals surface area contributed by atoms with Crippen LogP contribution in [-0.4, -0.2) is 23.5 Å². The Bertz CT molecular complexity index is 727. The lowest BCUT2D eigenvalue weighted by atomic mass is 9.54. The van der Waals surface area contributed by atoms with Crippen molar-refractivity contribution in [1.29, 1.82) is 0 Å². The van der Waals surface area contributed by atoms with E-state index in [0.717, 1.165) is 0 Å². The van der Waals surface area contributed by atoms with Gasteiger partial charge in [-0.15, -0.1) is 0 Å². The summed E-state index contributed by atoms with van der Waals surface area (Å²) >= 11 is 0. The average Bonchev–Trinajstić information content (AvgIpc) is 2.41. The van der Waals surface area contributed by atoms with Gasteiger partial charge in [-0.2, -0.15) is 0 Å². The van der Waals surface area contributed by atoms with Gasteiger partial charge in [0.05, 0.1) is 6.42 Å². The van der Waals surface area contributed by atoms with Gasteiger partial charge in [0.1, 0.15) is 0 Å². The predicted octanol–water partition coefficient (Wildman–Crippen LogP) is 0.967. The van der Waals surface area contributed by atoms with E-state index in [9.17, 15) is 19.2 Å². The maximum absolute atomic E-state index is 12.1. The summed E-state index contributed by atoms with van der Waals surface area (Å²) in [6, 6.07) is 0. The summed E-state index contributed by atoms with van der Waals surface area (Å²) in [4.78, 5) is 48.3. The monoisotopic (exact) mass is 282 g/mol. The molecule has 1 saturated heterocycles. The van der Waals surface area contributed by atoms with Crippen molar-refractivity contribution in [2.24, 2.45) is 11.3 Å². The standard InChI is InChI=1S/C16H10O5/c1-16-9-4-2-7-11(17)6-12(18)8(13(7)16)3-5-10(16)15(20)21-14(9)19/h2-5,13H,6H2,1H3. The summed E-state index contributed by atoms with van der Waals surface area (Å²) < 4.78 is 4.74. The van der Waals surface area contributed by atoms with E-state index in [1.165, 1.54) is 12.2 Å².